The second-order valence-corrected chi connectivity index (χ2v) is 5.24. The number of aliphatic hydroxyl groups is 1. The number of carbonyl (C=O) groups is 1. The second kappa shape index (κ2) is 6.89. The average molecular weight is 274 g/mol. The van der Waals surface area contributed by atoms with E-state index in [2.05, 4.69) is 5.32 Å². The predicted molar refractivity (Wildman–Crippen MR) is 72.8 cm³/mol. The van der Waals surface area contributed by atoms with Gasteiger partial charge in [0.15, 0.2) is 0 Å². The first-order valence-electron chi connectivity index (χ1n) is 5.28. The van der Waals surface area contributed by atoms with Gasteiger partial charge in [-0.25, -0.2) is 0 Å². The van der Waals surface area contributed by atoms with E-state index in [-0.39, 0.29) is 23.8 Å². The zero-order valence-corrected chi connectivity index (χ0v) is 11.4. The van der Waals surface area contributed by atoms with Crippen LogP contribution in [-0.2, 0) is 0 Å². The van der Waals surface area contributed by atoms with E-state index in [9.17, 15) is 4.79 Å². The summed E-state index contributed by atoms with van der Waals surface area (Å²) in [6.07, 6.45) is 1.91. The third-order valence-electron chi connectivity index (χ3n) is 2.49. The minimum atomic E-state index is -0.174. The number of benzene rings is 1. The van der Waals surface area contributed by atoms with Crippen molar-refractivity contribution >= 4 is 29.3 Å². The number of nitrogens with one attached hydrogen (secondary N) is 1. The van der Waals surface area contributed by atoms with E-state index in [1.807, 2.05) is 13.2 Å². The number of amides is 1. The van der Waals surface area contributed by atoms with Crippen LogP contribution in [0.2, 0.25) is 5.02 Å². The van der Waals surface area contributed by atoms with Crippen molar-refractivity contribution in [3.63, 3.8) is 0 Å². The smallest absolute Gasteiger partial charge is 0.251 e. The van der Waals surface area contributed by atoms with Crippen LogP contribution in [0, 0.1) is 0 Å². The Kier molecular flexibility index (Phi) is 5.82. The number of rotatable bonds is 5. The maximum absolute atomic E-state index is 11.9. The van der Waals surface area contributed by atoms with Crippen LogP contribution >= 0.6 is 23.4 Å². The van der Waals surface area contributed by atoms with Crippen LogP contribution in [0.5, 0.6) is 0 Å². The van der Waals surface area contributed by atoms with Crippen molar-refractivity contribution in [3.8, 4) is 0 Å². The first-order chi connectivity index (χ1) is 8.08. The van der Waals surface area contributed by atoms with Crippen molar-refractivity contribution in [2.45, 2.75) is 18.2 Å². The molecule has 0 aromatic heterocycles. The molecular formula is C12H16ClNO2S. The standard InChI is InChI=1S/C12H16ClNO2S/c1-8(11(7-15)17-2)14-12(16)9-4-3-5-10(13)6-9/h3-6,8,11,15H,7H2,1-2H3,(H,14,16)/t8-,11-/m0/s1. The van der Waals surface area contributed by atoms with Gasteiger partial charge in [-0.2, -0.15) is 11.8 Å². The molecule has 1 aromatic rings. The van der Waals surface area contributed by atoms with Crippen molar-refractivity contribution in [3.05, 3.63) is 34.9 Å². The van der Waals surface area contributed by atoms with Gasteiger partial charge in [-0.15, -0.1) is 0 Å². The molecule has 1 amide bonds. The minimum Gasteiger partial charge on any atom is -0.395 e. The molecule has 0 fully saturated rings. The molecular weight excluding hydrogens is 258 g/mol. The number of hydrogen-bond acceptors (Lipinski definition) is 3. The van der Waals surface area contributed by atoms with E-state index >= 15 is 0 Å². The Morgan fingerprint density at radius 3 is 2.82 bits per heavy atom. The van der Waals surface area contributed by atoms with Crippen molar-refractivity contribution in [1.82, 2.24) is 5.32 Å². The van der Waals surface area contributed by atoms with Crippen LogP contribution in [0.15, 0.2) is 24.3 Å². The van der Waals surface area contributed by atoms with E-state index in [0.717, 1.165) is 0 Å². The largest absolute Gasteiger partial charge is 0.395 e. The Labute approximate surface area is 111 Å². The summed E-state index contributed by atoms with van der Waals surface area (Å²) in [4.78, 5) is 11.9. The molecule has 0 radical (unpaired) electrons. The molecule has 2 atom stereocenters. The Balaban J connectivity index is 2.66. The highest BCUT2D eigenvalue weighted by Crippen LogP contribution is 2.13. The fourth-order valence-corrected chi connectivity index (χ4v) is 2.27. The minimum absolute atomic E-state index is 0.00173. The van der Waals surface area contributed by atoms with Gasteiger partial charge in [0.25, 0.3) is 5.91 Å². The van der Waals surface area contributed by atoms with E-state index in [1.165, 1.54) is 11.8 Å². The molecule has 1 rings (SSSR count). The predicted octanol–water partition coefficient (Wildman–Crippen LogP) is 2.18. The average Bonchev–Trinajstić information content (AvgIpc) is 2.30. The monoisotopic (exact) mass is 273 g/mol. The molecule has 1 aromatic carbocycles. The van der Waals surface area contributed by atoms with Crippen molar-refractivity contribution in [1.29, 1.82) is 0 Å². The molecule has 0 bridgehead atoms. The normalized spacial score (nSPS) is 14.1. The maximum Gasteiger partial charge on any atom is 0.251 e. The molecule has 17 heavy (non-hydrogen) atoms. The fourth-order valence-electron chi connectivity index (χ4n) is 1.45. The lowest BCUT2D eigenvalue weighted by Gasteiger charge is -2.21. The fraction of sp³-hybridized carbons (Fsp3) is 0.417. The number of halogens is 1. The molecule has 0 aliphatic carbocycles. The topological polar surface area (TPSA) is 49.3 Å². The Morgan fingerprint density at radius 1 is 1.59 bits per heavy atom. The van der Waals surface area contributed by atoms with Crippen LogP contribution in [0.25, 0.3) is 0 Å². The Bertz CT molecular complexity index is 383. The first-order valence-corrected chi connectivity index (χ1v) is 6.95. The van der Waals surface area contributed by atoms with E-state index in [1.54, 1.807) is 24.3 Å². The van der Waals surface area contributed by atoms with Crippen LogP contribution < -0.4 is 5.32 Å². The molecule has 0 saturated carbocycles. The zero-order valence-electron chi connectivity index (χ0n) is 9.81. The Morgan fingerprint density at radius 2 is 2.29 bits per heavy atom. The molecule has 94 valence electrons. The molecule has 0 aliphatic rings. The van der Waals surface area contributed by atoms with E-state index < -0.39 is 0 Å². The van der Waals surface area contributed by atoms with Crippen molar-refractivity contribution in [2.24, 2.45) is 0 Å². The summed E-state index contributed by atoms with van der Waals surface area (Å²) in [5.74, 6) is -0.174. The van der Waals surface area contributed by atoms with Gasteiger partial charge in [0.2, 0.25) is 0 Å². The van der Waals surface area contributed by atoms with E-state index in [0.29, 0.717) is 10.6 Å². The van der Waals surface area contributed by atoms with Gasteiger partial charge in [0.1, 0.15) is 0 Å². The molecule has 0 heterocycles. The van der Waals surface area contributed by atoms with Crippen LogP contribution in [-0.4, -0.2) is 35.2 Å². The quantitative estimate of drug-likeness (QED) is 0.865. The lowest BCUT2D eigenvalue weighted by atomic mass is 10.2. The number of thioether (sulfide) groups is 1. The summed E-state index contributed by atoms with van der Waals surface area (Å²) in [7, 11) is 0. The Hall–Kier alpha value is -0.710. The number of aliphatic hydroxyl groups excluding tert-OH is 1. The summed E-state index contributed by atoms with van der Waals surface area (Å²) in [5.41, 5.74) is 0.530. The van der Waals surface area contributed by atoms with Crippen molar-refractivity contribution < 1.29 is 9.90 Å². The van der Waals surface area contributed by atoms with Gasteiger partial charge < -0.3 is 10.4 Å². The van der Waals surface area contributed by atoms with Gasteiger partial charge >= 0.3 is 0 Å². The molecule has 0 unspecified atom stereocenters. The SMILES string of the molecule is CS[C@@H](CO)[C@H](C)NC(=O)c1cccc(Cl)c1. The molecule has 2 N–H and O–H groups in total. The summed E-state index contributed by atoms with van der Waals surface area (Å²) >= 11 is 7.35. The zero-order chi connectivity index (χ0) is 12.8. The maximum atomic E-state index is 11.9. The van der Waals surface area contributed by atoms with Crippen LogP contribution in [0.3, 0.4) is 0 Å². The third-order valence-corrected chi connectivity index (χ3v) is 3.88. The number of carbonyl (C=O) groups excluding carboxylic acids is 1. The van der Waals surface area contributed by atoms with Crippen LogP contribution in [0.4, 0.5) is 0 Å². The summed E-state index contributed by atoms with van der Waals surface area (Å²) in [6, 6.07) is 6.69. The molecule has 0 spiro atoms. The second-order valence-electron chi connectivity index (χ2n) is 3.73. The summed E-state index contributed by atoms with van der Waals surface area (Å²) in [6.45, 7) is 1.91. The third kappa shape index (κ3) is 4.22. The van der Waals surface area contributed by atoms with Gasteiger partial charge in [-0.1, -0.05) is 17.7 Å². The summed E-state index contributed by atoms with van der Waals surface area (Å²) < 4.78 is 0. The lowest BCUT2D eigenvalue weighted by molar-refractivity contribution is 0.0936. The van der Waals surface area contributed by atoms with Gasteiger partial charge in [-0.3, -0.25) is 4.79 Å². The van der Waals surface area contributed by atoms with Gasteiger partial charge in [0.05, 0.1) is 6.61 Å². The van der Waals surface area contributed by atoms with Crippen molar-refractivity contribution in [2.75, 3.05) is 12.9 Å². The lowest BCUT2D eigenvalue weighted by Crippen LogP contribution is -2.41. The van der Waals surface area contributed by atoms with E-state index in [4.69, 9.17) is 16.7 Å². The highest BCUT2D eigenvalue weighted by atomic mass is 35.5. The van der Waals surface area contributed by atoms with Crippen LogP contribution in [0.1, 0.15) is 17.3 Å². The first kappa shape index (κ1) is 14.4. The highest BCUT2D eigenvalue weighted by molar-refractivity contribution is 7.99. The van der Waals surface area contributed by atoms with Gasteiger partial charge in [0, 0.05) is 21.9 Å². The highest BCUT2D eigenvalue weighted by Gasteiger charge is 2.18. The molecule has 0 saturated heterocycles. The summed E-state index contributed by atoms with van der Waals surface area (Å²) in [5, 5.41) is 12.5. The van der Waals surface area contributed by atoms with Gasteiger partial charge in [-0.05, 0) is 31.4 Å². The molecule has 5 heteroatoms. The number of hydrogen-bond donors (Lipinski definition) is 2. The molecule has 3 nitrogen and oxygen atoms in total. The molecule has 0 aliphatic heterocycles.